The molecule has 1 atom stereocenters. The highest BCUT2D eigenvalue weighted by molar-refractivity contribution is 7.90. The lowest BCUT2D eigenvalue weighted by atomic mass is 9.98. The normalized spacial score (nSPS) is 26.4. The van der Waals surface area contributed by atoms with Crippen LogP contribution in [-0.2, 0) is 10.0 Å². The predicted molar refractivity (Wildman–Crippen MR) is 106 cm³/mol. The van der Waals surface area contributed by atoms with E-state index in [9.17, 15) is 21.6 Å². The molecule has 3 aliphatic heterocycles. The van der Waals surface area contributed by atoms with E-state index in [1.807, 2.05) is 0 Å². The van der Waals surface area contributed by atoms with Crippen molar-refractivity contribution >= 4 is 16.0 Å². The van der Waals surface area contributed by atoms with Crippen LogP contribution >= 0.6 is 0 Å². The van der Waals surface area contributed by atoms with Gasteiger partial charge in [-0.2, -0.15) is 17.5 Å². The number of alkyl halides is 3. The average molecular weight is 440 g/mol. The molecule has 29 heavy (non-hydrogen) atoms. The molecule has 0 aromatic rings. The number of aliphatic imine (C=N–C) groups is 1. The van der Waals surface area contributed by atoms with Gasteiger partial charge in [-0.05, 0) is 57.0 Å². The summed E-state index contributed by atoms with van der Waals surface area (Å²) in [6.45, 7) is 5.89. The first kappa shape index (κ1) is 22.6. The maximum Gasteiger partial charge on any atom is 0.511 e. The molecule has 168 valence electrons. The van der Waals surface area contributed by atoms with Crippen molar-refractivity contribution in [2.75, 3.05) is 59.4 Å². The molecular formula is C18H32F3N5O2S. The van der Waals surface area contributed by atoms with Crippen molar-refractivity contribution in [1.82, 2.24) is 19.4 Å². The van der Waals surface area contributed by atoms with E-state index in [0.29, 0.717) is 29.6 Å². The first-order valence-electron chi connectivity index (χ1n) is 10.4. The minimum atomic E-state index is -5.22. The van der Waals surface area contributed by atoms with Gasteiger partial charge in [0.2, 0.25) is 0 Å². The fourth-order valence-electron chi connectivity index (χ4n) is 4.57. The maximum absolute atomic E-state index is 12.7. The molecule has 0 spiro atoms. The summed E-state index contributed by atoms with van der Waals surface area (Å²) >= 11 is 0. The summed E-state index contributed by atoms with van der Waals surface area (Å²) in [5.74, 6) is 1.61. The van der Waals surface area contributed by atoms with Crippen LogP contribution in [0.5, 0.6) is 0 Å². The van der Waals surface area contributed by atoms with Crippen molar-refractivity contribution in [3.63, 3.8) is 0 Å². The molecule has 0 bridgehead atoms. The van der Waals surface area contributed by atoms with Crippen LogP contribution in [0.15, 0.2) is 4.99 Å². The second-order valence-corrected chi connectivity index (χ2v) is 10.3. The van der Waals surface area contributed by atoms with Gasteiger partial charge >= 0.3 is 15.5 Å². The van der Waals surface area contributed by atoms with Crippen LogP contribution in [0.2, 0.25) is 0 Å². The van der Waals surface area contributed by atoms with E-state index in [-0.39, 0.29) is 19.0 Å². The van der Waals surface area contributed by atoms with Crippen molar-refractivity contribution < 1.29 is 21.6 Å². The van der Waals surface area contributed by atoms with Crippen LogP contribution in [0.3, 0.4) is 0 Å². The smallest absolute Gasteiger partial charge is 0.356 e. The van der Waals surface area contributed by atoms with Crippen molar-refractivity contribution in [3.05, 3.63) is 0 Å². The van der Waals surface area contributed by atoms with Gasteiger partial charge in [0.15, 0.2) is 5.96 Å². The largest absolute Gasteiger partial charge is 0.511 e. The summed E-state index contributed by atoms with van der Waals surface area (Å²) in [5.41, 5.74) is -5.22. The van der Waals surface area contributed by atoms with Crippen LogP contribution in [0, 0.1) is 11.8 Å². The molecule has 3 rings (SSSR count). The van der Waals surface area contributed by atoms with Crippen LogP contribution in [-0.4, -0.2) is 93.4 Å². The lowest BCUT2D eigenvalue weighted by Crippen LogP contribution is -2.47. The zero-order valence-corrected chi connectivity index (χ0v) is 17.8. The molecule has 3 fully saturated rings. The number of halogens is 3. The van der Waals surface area contributed by atoms with Crippen LogP contribution < -0.4 is 5.32 Å². The topological polar surface area (TPSA) is 68.2 Å². The zero-order valence-electron chi connectivity index (χ0n) is 17.0. The Kier molecular flexibility index (Phi) is 7.32. The Morgan fingerprint density at radius 1 is 1.03 bits per heavy atom. The molecule has 1 unspecified atom stereocenters. The second-order valence-electron chi connectivity index (χ2n) is 8.33. The first-order chi connectivity index (χ1) is 13.7. The number of hydrogen-bond donors (Lipinski definition) is 1. The highest BCUT2D eigenvalue weighted by Crippen LogP contribution is 2.30. The van der Waals surface area contributed by atoms with Gasteiger partial charge in [0.05, 0.1) is 0 Å². The Balaban J connectivity index is 1.41. The van der Waals surface area contributed by atoms with Crippen molar-refractivity contribution in [1.29, 1.82) is 0 Å². The molecule has 1 N–H and O–H groups in total. The van der Waals surface area contributed by atoms with Gasteiger partial charge in [0.1, 0.15) is 0 Å². The molecule has 3 heterocycles. The third-order valence-corrected chi connectivity index (χ3v) is 7.90. The highest BCUT2D eigenvalue weighted by atomic mass is 32.2. The maximum atomic E-state index is 12.7. The van der Waals surface area contributed by atoms with Crippen molar-refractivity contribution in [3.8, 4) is 0 Å². The van der Waals surface area contributed by atoms with Crippen molar-refractivity contribution in [2.24, 2.45) is 16.8 Å². The third kappa shape index (κ3) is 5.55. The Hall–Kier alpha value is -1.07. The van der Waals surface area contributed by atoms with Crippen LogP contribution in [0.25, 0.3) is 0 Å². The summed E-state index contributed by atoms with van der Waals surface area (Å²) in [5, 5.41) is 3.35. The molecule has 0 aromatic carbocycles. The fourth-order valence-corrected chi connectivity index (χ4v) is 5.56. The quantitative estimate of drug-likeness (QED) is 0.520. The molecule has 0 radical (unpaired) electrons. The van der Waals surface area contributed by atoms with Gasteiger partial charge in [-0.3, -0.25) is 4.99 Å². The summed E-state index contributed by atoms with van der Waals surface area (Å²) in [6.07, 6.45) is 4.56. The van der Waals surface area contributed by atoms with Crippen molar-refractivity contribution in [2.45, 2.75) is 37.6 Å². The van der Waals surface area contributed by atoms with Gasteiger partial charge in [0, 0.05) is 46.3 Å². The molecule has 11 heteroatoms. The molecule has 0 aromatic heterocycles. The van der Waals surface area contributed by atoms with E-state index in [1.165, 1.54) is 25.9 Å². The van der Waals surface area contributed by atoms with Crippen LogP contribution in [0.1, 0.15) is 32.1 Å². The average Bonchev–Trinajstić information content (AvgIpc) is 3.34. The molecule has 7 nitrogen and oxygen atoms in total. The zero-order chi connectivity index (χ0) is 21.1. The number of piperidine rings is 1. The SMILES string of the molecule is CN=C(NCC1CCN(S(=O)(=O)C(F)(F)F)CC1)N1CCC(CN2CCCC2)C1. The standard InChI is InChI=1S/C18H32F3N5O2S/c1-22-17(25-9-4-16(14-25)13-24-7-2-3-8-24)23-12-15-5-10-26(11-6-15)29(27,28)18(19,20)21/h15-16H,2-14H2,1H3,(H,22,23). The molecule has 3 saturated heterocycles. The van der Waals surface area contributed by atoms with Gasteiger partial charge in [0.25, 0.3) is 0 Å². The lowest BCUT2D eigenvalue weighted by Gasteiger charge is -2.32. The molecule has 0 saturated carbocycles. The van der Waals surface area contributed by atoms with E-state index in [0.717, 1.165) is 32.0 Å². The number of guanidine groups is 1. The van der Waals surface area contributed by atoms with E-state index in [1.54, 1.807) is 7.05 Å². The molecular weight excluding hydrogens is 407 g/mol. The monoisotopic (exact) mass is 439 g/mol. The number of hydrogen-bond acceptors (Lipinski definition) is 4. The number of nitrogens with zero attached hydrogens (tertiary/aromatic N) is 4. The molecule has 0 amide bonds. The second kappa shape index (κ2) is 9.38. The van der Waals surface area contributed by atoms with Gasteiger partial charge in [-0.15, -0.1) is 0 Å². The first-order valence-corrected chi connectivity index (χ1v) is 11.9. The minimum absolute atomic E-state index is 0.0889. The lowest BCUT2D eigenvalue weighted by molar-refractivity contribution is -0.0496. The van der Waals surface area contributed by atoms with E-state index in [4.69, 9.17) is 0 Å². The number of sulfonamides is 1. The molecule has 3 aliphatic rings. The molecule has 0 aliphatic carbocycles. The fraction of sp³-hybridized carbons (Fsp3) is 0.944. The number of likely N-dealkylation sites (tertiary alicyclic amines) is 2. The number of nitrogens with one attached hydrogen (secondary N) is 1. The summed E-state index contributed by atoms with van der Waals surface area (Å²) in [7, 11) is -3.47. The van der Waals surface area contributed by atoms with Crippen LogP contribution in [0.4, 0.5) is 13.2 Å². The summed E-state index contributed by atoms with van der Waals surface area (Å²) < 4.78 is 61.6. The third-order valence-electron chi connectivity index (χ3n) is 6.27. The Morgan fingerprint density at radius 2 is 1.66 bits per heavy atom. The van der Waals surface area contributed by atoms with Gasteiger partial charge in [-0.25, -0.2) is 8.42 Å². The Labute approximate surface area is 171 Å². The summed E-state index contributed by atoms with van der Waals surface area (Å²) in [4.78, 5) is 9.16. The highest BCUT2D eigenvalue weighted by Gasteiger charge is 2.50. The van der Waals surface area contributed by atoms with E-state index in [2.05, 4.69) is 20.1 Å². The minimum Gasteiger partial charge on any atom is -0.356 e. The summed E-state index contributed by atoms with van der Waals surface area (Å²) in [6, 6.07) is 0. The Morgan fingerprint density at radius 3 is 2.24 bits per heavy atom. The Bertz CT molecular complexity index is 671. The van der Waals surface area contributed by atoms with Gasteiger partial charge in [-0.1, -0.05) is 0 Å². The van der Waals surface area contributed by atoms with E-state index < -0.39 is 15.5 Å². The predicted octanol–water partition coefficient (Wildman–Crippen LogP) is 1.54. The van der Waals surface area contributed by atoms with E-state index >= 15 is 0 Å². The number of rotatable bonds is 5. The van der Waals surface area contributed by atoms with Gasteiger partial charge < -0.3 is 15.1 Å².